The molecule has 0 unspecified atom stereocenters. The number of aromatic nitrogens is 1. The number of nitrogens with zero attached hydrogens (tertiary/aromatic N) is 3. The lowest BCUT2D eigenvalue weighted by molar-refractivity contribution is 0.0822. The molecule has 1 saturated carbocycles. The number of anilines is 1. The van der Waals surface area contributed by atoms with E-state index in [0.29, 0.717) is 18.3 Å². The Bertz CT molecular complexity index is 469. The molecule has 1 amide bonds. The number of nitrogens with two attached hydrogens (primary N) is 1. The predicted molar refractivity (Wildman–Crippen MR) is 85.5 cm³/mol. The molecule has 5 nitrogen and oxygen atoms in total. The Morgan fingerprint density at radius 3 is 2.67 bits per heavy atom. The summed E-state index contributed by atoms with van der Waals surface area (Å²) in [5.41, 5.74) is 7.35. The van der Waals surface area contributed by atoms with Gasteiger partial charge in [-0.3, -0.25) is 9.78 Å². The van der Waals surface area contributed by atoms with Crippen LogP contribution in [0.3, 0.4) is 0 Å². The minimum absolute atomic E-state index is 0.0619. The topological polar surface area (TPSA) is 62.5 Å². The Labute approximate surface area is 127 Å². The summed E-state index contributed by atoms with van der Waals surface area (Å²) in [6, 6.07) is 4.41. The van der Waals surface area contributed by atoms with Crippen molar-refractivity contribution >= 4 is 11.6 Å². The summed E-state index contributed by atoms with van der Waals surface area (Å²) >= 11 is 0. The third-order valence-electron chi connectivity index (χ3n) is 4.09. The van der Waals surface area contributed by atoms with Crippen molar-refractivity contribution in [2.24, 2.45) is 5.73 Å². The molecule has 1 fully saturated rings. The monoisotopic (exact) mass is 290 g/mol. The Morgan fingerprint density at radius 1 is 1.33 bits per heavy atom. The molecule has 21 heavy (non-hydrogen) atoms. The first-order valence-corrected chi connectivity index (χ1v) is 7.78. The van der Waals surface area contributed by atoms with Crippen LogP contribution in [-0.2, 0) is 0 Å². The van der Waals surface area contributed by atoms with Gasteiger partial charge in [0.2, 0.25) is 0 Å². The van der Waals surface area contributed by atoms with Crippen molar-refractivity contribution in [3.8, 4) is 0 Å². The summed E-state index contributed by atoms with van der Waals surface area (Å²) < 4.78 is 0. The highest BCUT2D eigenvalue weighted by Crippen LogP contribution is 2.27. The van der Waals surface area contributed by atoms with E-state index >= 15 is 0 Å². The second kappa shape index (κ2) is 7.41. The summed E-state index contributed by atoms with van der Waals surface area (Å²) in [5, 5.41) is 0. The molecular formula is C16H26N4O. The van der Waals surface area contributed by atoms with Gasteiger partial charge in [0.1, 0.15) is 5.69 Å². The fraction of sp³-hybridized carbons (Fsp3) is 0.625. The highest BCUT2D eigenvalue weighted by atomic mass is 16.2. The first kappa shape index (κ1) is 15.8. The van der Waals surface area contributed by atoms with Gasteiger partial charge in [-0.05, 0) is 25.0 Å². The lowest BCUT2D eigenvalue weighted by Crippen LogP contribution is -2.40. The highest BCUT2D eigenvalue weighted by molar-refractivity contribution is 5.92. The van der Waals surface area contributed by atoms with Crippen LogP contribution >= 0.6 is 0 Å². The number of amides is 1. The van der Waals surface area contributed by atoms with Crippen molar-refractivity contribution in [1.29, 1.82) is 0 Å². The van der Waals surface area contributed by atoms with Crippen LogP contribution < -0.4 is 10.6 Å². The summed E-state index contributed by atoms with van der Waals surface area (Å²) in [6.07, 6.45) is 8.02. The molecule has 0 atom stereocenters. The Hall–Kier alpha value is -1.62. The Kier molecular flexibility index (Phi) is 5.56. The molecular weight excluding hydrogens is 264 g/mol. The molecule has 116 valence electrons. The molecule has 0 bridgehead atoms. The minimum atomic E-state index is -0.0619. The lowest BCUT2D eigenvalue weighted by Gasteiger charge is -2.36. The zero-order valence-electron chi connectivity index (χ0n) is 13.1. The van der Waals surface area contributed by atoms with Gasteiger partial charge in [-0.2, -0.15) is 0 Å². The average molecular weight is 290 g/mol. The van der Waals surface area contributed by atoms with Gasteiger partial charge in [0.25, 0.3) is 5.91 Å². The zero-order chi connectivity index (χ0) is 15.2. The van der Waals surface area contributed by atoms with E-state index < -0.39 is 0 Å². The molecule has 2 rings (SSSR count). The van der Waals surface area contributed by atoms with Crippen LogP contribution in [0.2, 0.25) is 0 Å². The summed E-state index contributed by atoms with van der Waals surface area (Å²) in [5.74, 6) is -0.0619. The molecule has 1 heterocycles. The Balaban J connectivity index is 2.23. The molecule has 1 aliphatic rings. The van der Waals surface area contributed by atoms with Crippen molar-refractivity contribution in [2.45, 2.75) is 38.1 Å². The average Bonchev–Trinajstić information content (AvgIpc) is 2.52. The lowest BCUT2D eigenvalue weighted by atomic mass is 9.93. The van der Waals surface area contributed by atoms with E-state index in [1.807, 2.05) is 12.1 Å². The molecule has 1 aromatic heterocycles. The van der Waals surface area contributed by atoms with E-state index in [2.05, 4.69) is 9.88 Å². The fourth-order valence-electron chi connectivity index (χ4n) is 3.00. The van der Waals surface area contributed by atoms with Crippen LogP contribution in [0.25, 0.3) is 0 Å². The normalized spacial score (nSPS) is 15.8. The molecule has 0 aromatic carbocycles. The molecule has 0 saturated heterocycles. The number of carbonyl (C=O) groups is 1. The van der Waals surface area contributed by atoms with E-state index in [9.17, 15) is 4.79 Å². The van der Waals surface area contributed by atoms with Gasteiger partial charge in [0.15, 0.2) is 0 Å². The van der Waals surface area contributed by atoms with Gasteiger partial charge in [-0.25, -0.2) is 0 Å². The van der Waals surface area contributed by atoms with Gasteiger partial charge in [0, 0.05) is 45.1 Å². The van der Waals surface area contributed by atoms with Crippen LogP contribution in [0.5, 0.6) is 0 Å². The van der Waals surface area contributed by atoms with Crippen LogP contribution in [0.15, 0.2) is 18.3 Å². The molecule has 5 heteroatoms. The van der Waals surface area contributed by atoms with Crippen LogP contribution in [0.4, 0.5) is 5.69 Å². The molecule has 0 aliphatic heterocycles. The van der Waals surface area contributed by atoms with Crippen molar-refractivity contribution in [3.05, 3.63) is 24.0 Å². The number of hydrogen-bond donors (Lipinski definition) is 1. The van der Waals surface area contributed by atoms with Crippen molar-refractivity contribution < 1.29 is 4.79 Å². The number of hydrogen-bond acceptors (Lipinski definition) is 4. The number of carbonyl (C=O) groups excluding carboxylic acids is 1. The SMILES string of the molecule is CN(C)C(=O)c1cc(N(CCN)C2CCCCC2)ccn1. The van der Waals surface area contributed by atoms with Gasteiger partial charge in [-0.1, -0.05) is 19.3 Å². The summed E-state index contributed by atoms with van der Waals surface area (Å²) in [4.78, 5) is 20.2. The van der Waals surface area contributed by atoms with E-state index in [-0.39, 0.29) is 5.91 Å². The van der Waals surface area contributed by atoms with E-state index in [1.54, 1.807) is 25.2 Å². The molecule has 2 N–H and O–H groups in total. The largest absolute Gasteiger partial charge is 0.367 e. The minimum Gasteiger partial charge on any atom is -0.367 e. The zero-order valence-corrected chi connectivity index (χ0v) is 13.1. The van der Waals surface area contributed by atoms with E-state index in [4.69, 9.17) is 5.73 Å². The molecule has 0 radical (unpaired) electrons. The standard InChI is InChI=1S/C16H26N4O/c1-19(2)16(21)15-12-14(8-10-18-15)20(11-9-17)13-6-4-3-5-7-13/h8,10,12-13H,3-7,9,11,17H2,1-2H3. The highest BCUT2D eigenvalue weighted by Gasteiger charge is 2.22. The fourth-order valence-corrected chi connectivity index (χ4v) is 3.00. The quantitative estimate of drug-likeness (QED) is 0.899. The number of rotatable bonds is 5. The maximum absolute atomic E-state index is 12.1. The van der Waals surface area contributed by atoms with Crippen molar-refractivity contribution in [1.82, 2.24) is 9.88 Å². The first-order chi connectivity index (χ1) is 10.1. The molecule has 1 aliphatic carbocycles. The smallest absolute Gasteiger partial charge is 0.272 e. The first-order valence-electron chi connectivity index (χ1n) is 7.78. The summed E-state index contributed by atoms with van der Waals surface area (Å²) in [6.45, 7) is 1.44. The Morgan fingerprint density at radius 2 is 2.05 bits per heavy atom. The van der Waals surface area contributed by atoms with Gasteiger partial charge in [-0.15, -0.1) is 0 Å². The maximum atomic E-state index is 12.1. The van der Waals surface area contributed by atoms with Crippen LogP contribution in [-0.4, -0.2) is 49.0 Å². The van der Waals surface area contributed by atoms with Crippen LogP contribution in [0, 0.1) is 0 Å². The third kappa shape index (κ3) is 3.94. The van der Waals surface area contributed by atoms with E-state index in [0.717, 1.165) is 12.2 Å². The van der Waals surface area contributed by atoms with Gasteiger partial charge >= 0.3 is 0 Å². The molecule has 0 spiro atoms. The van der Waals surface area contributed by atoms with Crippen molar-refractivity contribution in [3.63, 3.8) is 0 Å². The van der Waals surface area contributed by atoms with E-state index in [1.165, 1.54) is 32.1 Å². The third-order valence-corrected chi connectivity index (χ3v) is 4.09. The predicted octanol–water partition coefficient (Wildman–Crippen LogP) is 1.88. The maximum Gasteiger partial charge on any atom is 0.272 e. The van der Waals surface area contributed by atoms with Gasteiger partial charge < -0.3 is 15.5 Å². The van der Waals surface area contributed by atoms with Crippen LogP contribution in [0.1, 0.15) is 42.6 Å². The van der Waals surface area contributed by atoms with Gasteiger partial charge in [0.05, 0.1) is 0 Å². The van der Waals surface area contributed by atoms with Crippen molar-refractivity contribution in [2.75, 3.05) is 32.1 Å². The summed E-state index contributed by atoms with van der Waals surface area (Å²) in [7, 11) is 3.49. The second-order valence-electron chi connectivity index (χ2n) is 5.87. The second-order valence-corrected chi connectivity index (χ2v) is 5.87. The number of pyridine rings is 1. The molecule has 1 aromatic rings.